The summed E-state index contributed by atoms with van der Waals surface area (Å²) in [6, 6.07) is 20.0. The van der Waals surface area contributed by atoms with Gasteiger partial charge in [0.25, 0.3) is 17.7 Å². The summed E-state index contributed by atoms with van der Waals surface area (Å²) in [5.74, 6) is -0.692. The first-order valence-electron chi connectivity index (χ1n) is 19.9. The van der Waals surface area contributed by atoms with Crippen molar-refractivity contribution in [2.45, 2.75) is 62.8 Å². The molecule has 0 radical (unpaired) electrons. The Kier molecular flexibility index (Phi) is 8.57. The van der Waals surface area contributed by atoms with Crippen molar-refractivity contribution in [3.05, 3.63) is 87.9 Å². The lowest BCUT2D eigenvalue weighted by Crippen LogP contribution is -2.73. The molecule has 5 amide bonds. The number of nitrogens with one attached hydrogen (secondary N) is 1. The monoisotopic (exact) mass is 787 g/mol. The minimum atomic E-state index is -0.966. The fourth-order valence-corrected chi connectivity index (χ4v) is 10.7. The number of benzene rings is 3. The molecule has 13 nitrogen and oxygen atoms in total. The van der Waals surface area contributed by atoms with Gasteiger partial charge in [0.2, 0.25) is 11.8 Å². The van der Waals surface area contributed by atoms with Crippen LogP contribution in [0.4, 0.5) is 11.4 Å². The third kappa shape index (κ3) is 6.21. The Hall–Kier alpha value is -5.45. The summed E-state index contributed by atoms with van der Waals surface area (Å²) in [7, 11) is 0. The van der Waals surface area contributed by atoms with Crippen LogP contribution in [0.3, 0.4) is 0 Å². The Bertz CT molecular complexity index is 2240. The Labute approximate surface area is 335 Å². The molecule has 1 spiro atoms. The third-order valence-corrected chi connectivity index (χ3v) is 13.5. The highest BCUT2D eigenvalue weighted by molar-refractivity contribution is 6.31. The maximum Gasteiger partial charge on any atom is 0.262 e. The number of rotatable bonds is 8. The Morgan fingerprint density at radius 1 is 0.842 bits per heavy atom. The van der Waals surface area contributed by atoms with Gasteiger partial charge in [-0.1, -0.05) is 11.6 Å². The van der Waals surface area contributed by atoms with Crippen molar-refractivity contribution >= 4 is 52.5 Å². The van der Waals surface area contributed by atoms with Crippen LogP contribution in [0.1, 0.15) is 75.2 Å². The maximum absolute atomic E-state index is 13.7. The van der Waals surface area contributed by atoms with Crippen LogP contribution in [0.5, 0.6) is 5.75 Å². The van der Waals surface area contributed by atoms with E-state index in [4.69, 9.17) is 21.6 Å². The van der Waals surface area contributed by atoms with Crippen molar-refractivity contribution in [2.75, 3.05) is 55.6 Å². The fraction of sp³-hybridized carbons (Fsp3) is 0.442. The molecule has 7 aliphatic heterocycles. The van der Waals surface area contributed by atoms with E-state index in [1.165, 1.54) is 0 Å². The van der Waals surface area contributed by atoms with Gasteiger partial charge in [-0.15, -0.1) is 0 Å². The maximum atomic E-state index is 13.7. The van der Waals surface area contributed by atoms with Crippen molar-refractivity contribution in [3.63, 3.8) is 0 Å². The zero-order valence-electron chi connectivity index (χ0n) is 31.4. The van der Waals surface area contributed by atoms with E-state index < -0.39 is 23.8 Å². The van der Waals surface area contributed by atoms with Crippen molar-refractivity contribution in [1.82, 2.24) is 20.0 Å². The molecule has 292 valence electrons. The number of hydrogen-bond acceptors (Lipinski definition) is 10. The molecule has 7 heterocycles. The zero-order valence-corrected chi connectivity index (χ0v) is 32.1. The minimum Gasteiger partial charge on any atom is -0.490 e. The van der Waals surface area contributed by atoms with Gasteiger partial charge in [-0.2, -0.15) is 5.26 Å². The van der Waals surface area contributed by atoms with Crippen molar-refractivity contribution < 1.29 is 28.7 Å². The topological polar surface area (TPSA) is 147 Å². The molecule has 7 aliphatic rings. The lowest BCUT2D eigenvalue weighted by Gasteiger charge is -2.62. The molecule has 14 heteroatoms. The standard InChI is InChI=1S/C43H42ClN7O6/c44-36-16-32(9-3-27(36)17-45)57-33-13-30-6-7-31(14-33)50(30)40(54)26-1-4-28(5-2-26)49-23-43(24-49)21-47(22-43)18-25-19-48(20-25)29-8-10-34-35(15-29)42(56)51(41(34)55)37-11-12-38(52)46-39(37)53/h1-5,8-10,15-16,25,30-31,33,37H,6-7,11-14,18-24H2,(H,46,52,53). The largest absolute Gasteiger partial charge is 0.490 e. The molecule has 0 saturated carbocycles. The van der Waals surface area contributed by atoms with Crippen molar-refractivity contribution in [2.24, 2.45) is 11.3 Å². The lowest BCUT2D eigenvalue weighted by atomic mass is 9.72. The number of ether oxygens (including phenoxy) is 1. The summed E-state index contributed by atoms with van der Waals surface area (Å²) in [6.45, 7) is 6.93. The molecular weight excluding hydrogens is 746 g/mol. The van der Waals surface area contributed by atoms with E-state index in [1.54, 1.807) is 30.3 Å². The van der Waals surface area contributed by atoms with Gasteiger partial charge in [0.15, 0.2) is 0 Å². The van der Waals surface area contributed by atoms with Gasteiger partial charge in [0.05, 0.1) is 21.7 Å². The van der Waals surface area contributed by atoms with Crippen LogP contribution < -0.4 is 19.9 Å². The number of carbonyl (C=O) groups excluding carboxylic acids is 5. The van der Waals surface area contributed by atoms with Crippen LogP contribution in [0.15, 0.2) is 60.7 Å². The number of anilines is 2. The van der Waals surface area contributed by atoms with Crippen LogP contribution in [0, 0.1) is 22.7 Å². The summed E-state index contributed by atoms with van der Waals surface area (Å²) in [5, 5.41) is 11.8. The summed E-state index contributed by atoms with van der Waals surface area (Å²) in [6.07, 6.45) is 3.74. The number of piperidine rings is 2. The average molecular weight is 788 g/mol. The molecule has 3 aromatic carbocycles. The average Bonchev–Trinajstić information content (AvgIpc) is 3.56. The third-order valence-electron chi connectivity index (χ3n) is 13.2. The van der Waals surface area contributed by atoms with Crippen LogP contribution in [0.2, 0.25) is 5.02 Å². The Morgan fingerprint density at radius 3 is 2.23 bits per heavy atom. The first-order valence-corrected chi connectivity index (χ1v) is 20.3. The number of imide groups is 2. The molecular formula is C43H42ClN7O6. The number of halogens is 1. The first kappa shape index (κ1) is 35.9. The van der Waals surface area contributed by atoms with E-state index >= 15 is 0 Å². The van der Waals surface area contributed by atoms with E-state index in [2.05, 4.69) is 43.1 Å². The van der Waals surface area contributed by atoms with Gasteiger partial charge in [-0.05, 0) is 73.9 Å². The molecule has 10 rings (SSSR count). The normalized spacial score (nSPS) is 26.5. The van der Waals surface area contributed by atoms with Gasteiger partial charge in [0, 0.05) is 111 Å². The van der Waals surface area contributed by atoms with Gasteiger partial charge >= 0.3 is 0 Å². The molecule has 3 unspecified atom stereocenters. The second kappa shape index (κ2) is 13.6. The highest BCUT2D eigenvalue weighted by atomic mass is 35.5. The molecule has 1 N–H and O–H groups in total. The number of nitriles is 1. The predicted octanol–water partition coefficient (Wildman–Crippen LogP) is 4.09. The quantitative estimate of drug-likeness (QED) is 0.332. The Morgan fingerprint density at radius 2 is 1.54 bits per heavy atom. The summed E-state index contributed by atoms with van der Waals surface area (Å²) < 4.78 is 6.26. The van der Waals surface area contributed by atoms with Gasteiger partial charge < -0.3 is 24.3 Å². The molecule has 6 saturated heterocycles. The van der Waals surface area contributed by atoms with E-state index in [1.807, 2.05) is 18.2 Å². The number of likely N-dealkylation sites (tertiary alicyclic amines) is 1. The lowest BCUT2D eigenvalue weighted by molar-refractivity contribution is -0.136. The number of carbonyl (C=O) groups is 5. The van der Waals surface area contributed by atoms with E-state index in [0.29, 0.717) is 38.8 Å². The fourth-order valence-electron chi connectivity index (χ4n) is 10.5. The smallest absolute Gasteiger partial charge is 0.262 e. The van der Waals surface area contributed by atoms with Crippen LogP contribution in [0.25, 0.3) is 0 Å². The van der Waals surface area contributed by atoms with Crippen LogP contribution in [-0.2, 0) is 9.59 Å². The van der Waals surface area contributed by atoms with E-state index in [9.17, 15) is 24.0 Å². The van der Waals surface area contributed by atoms with Crippen LogP contribution >= 0.6 is 11.6 Å². The van der Waals surface area contributed by atoms with Crippen molar-refractivity contribution in [1.29, 1.82) is 5.26 Å². The molecule has 57 heavy (non-hydrogen) atoms. The SMILES string of the molecule is N#Cc1ccc(OC2CC3CCC(C2)N3C(=O)c2ccc(N3CC4(CN(CC5CN(c6ccc7c(c6)C(=O)N(C6CCC(=O)NC6=O)C7=O)C5)C4)C3)cc2)cc1Cl. The summed E-state index contributed by atoms with van der Waals surface area (Å²) in [5.41, 5.74) is 4.12. The first-order chi connectivity index (χ1) is 27.5. The van der Waals surface area contributed by atoms with Crippen molar-refractivity contribution in [3.8, 4) is 11.8 Å². The molecule has 0 aromatic heterocycles. The number of nitrogens with zero attached hydrogens (tertiary/aromatic N) is 6. The molecule has 0 aliphatic carbocycles. The van der Waals surface area contributed by atoms with E-state index in [0.717, 1.165) is 93.3 Å². The number of amides is 5. The molecule has 2 bridgehead atoms. The highest BCUT2D eigenvalue weighted by Gasteiger charge is 2.52. The highest BCUT2D eigenvalue weighted by Crippen LogP contribution is 2.44. The second-order valence-corrected chi connectivity index (χ2v) is 17.5. The van der Waals surface area contributed by atoms with Gasteiger partial charge in [-0.3, -0.25) is 34.2 Å². The zero-order chi connectivity index (χ0) is 39.2. The van der Waals surface area contributed by atoms with Gasteiger partial charge in [-0.25, -0.2) is 0 Å². The number of fused-ring (bicyclic) bond motifs is 3. The Balaban J connectivity index is 0.673. The molecule has 3 atom stereocenters. The minimum absolute atomic E-state index is 0.00281. The summed E-state index contributed by atoms with van der Waals surface area (Å²) in [4.78, 5) is 74.3. The van der Waals surface area contributed by atoms with E-state index in [-0.39, 0.29) is 42.8 Å². The molecule has 3 aromatic rings. The molecule has 6 fully saturated rings. The van der Waals surface area contributed by atoms with Crippen LogP contribution in [-0.4, -0.2) is 114 Å². The predicted molar refractivity (Wildman–Crippen MR) is 209 cm³/mol. The second-order valence-electron chi connectivity index (χ2n) is 17.1. The summed E-state index contributed by atoms with van der Waals surface area (Å²) >= 11 is 6.22. The van der Waals surface area contributed by atoms with Gasteiger partial charge in [0.1, 0.15) is 24.0 Å². The number of hydrogen-bond donors (Lipinski definition) is 1.